The van der Waals surface area contributed by atoms with Crippen LogP contribution in [0.4, 0.5) is 0 Å². The summed E-state index contributed by atoms with van der Waals surface area (Å²) >= 11 is 0. The minimum Gasteiger partial charge on any atom is -0.454 e. The fourth-order valence-electron chi connectivity index (χ4n) is 2.72. The van der Waals surface area contributed by atoms with E-state index in [4.69, 9.17) is 9.47 Å². The number of ether oxygens (including phenoxy) is 2. The van der Waals surface area contributed by atoms with Crippen LogP contribution in [0.2, 0.25) is 0 Å². The third-order valence-corrected chi connectivity index (χ3v) is 5.86. The third kappa shape index (κ3) is 6.72. The van der Waals surface area contributed by atoms with E-state index in [9.17, 15) is 4.21 Å². The maximum atomic E-state index is 12.3. The molecule has 1 aromatic carbocycles. The maximum Gasteiger partial charge on any atom is 0.231 e. The van der Waals surface area contributed by atoms with Crippen LogP contribution in [0.3, 0.4) is 0 Å². The van der Waals surface area contributed by atoms with Gasteiger partial charge in [-0.25, -0.2) is 0 Å². The molecule has 0 spiro atoms. The van der Waals surface area contributed by atoms with E-state index in [0.717, 1.165) is 30.1 Å². The highest BCUT2D eigenvalue weighted by Crippen LogP contribution is 2.33. The van der Waals surface area contributed by atoms with Crippen LogP contribution in [0.5, 0.6) is 11.5 Å². The van der Waals surface area contributed by atoms with Crippen molar-refractivity contribution in [3.63, 3.8) is 0 Å². The predicted molar refractivity (Wildman–Crippen MR) is 99.4 cm³/mol. The molecular weight excluding hydrogens is 332 g/mol. The quantitative estimate of drug-likeness (QED) is 0.558. The molecule has 0 aliphatic carbocycles. The zero-order valence-electron chi connectivity index (χ0n) is 14.2. The van der Waals surface area contributed by atoms with E-state index in [0.29, 0.717) is 6.79 Å². The van der Waals surface area contributed by atoms with E-state index < -0.39 is 10.8 Å². The van der Waals surface area contributed by atoms with E-state index in [1.807, 2.05) is 18.2 Å². The Morgan fingerprint density at radius 1 is 1.09 bits per heavy atom. The Kier molecular flexibility index (Phi) is 9.65. The summed E-state index contributed by atoms with van der Waals surface area (Å²) in [6, 6.07) is 6.01. The number of halogens is 1. The van der Waals surface area contributed by atoms with E-state index in [-0.39, 0.29) is 17.7 Å². The molecule has 0 fully saturated rings. The van der Waals surface area contributed by atoms with Gasteiger partial charge in [0.25, 0.3) is 0 Å². The van der Waals surface area contributed by atoms with Gasteiger partial charge in [0.1, 0.15) is 0 Å². The molecule has 132 valence electrons. The molecule has 1 aliphatic rings. The molecule has 0 saturated heterocycles. The Hall–Kier alpha value is -0.740. The Morgan fingerprint density at radius 3 is 2.57 bits per heavy atom. The highest BCUT2D eigenvalue weighted by Gasteiger charge is 2.16. The smallest absolute Gasteiger partial charge is 0.231 e. The number of hydrogen-bond donors (Lipinski definition) is 0. The molecule has 0 bridgehead atoms. The van der Waals surface area contributed by atoms with Gasteiger partial charge in [0, 0.05) is 21.8 Å². The topological polar surface area (TPSA) is 35.5 Å². The van der Waals surface area contributed by atoms with Crippen molar-refractivity contribution in [2.24, 2.45) is 0 Å². The second-order valence-corrected chi connectivity index (χ2v) is 8.03. The minimum atomic E-state index is -0.743. The lowest BCUT2D eigenvalue weighted by Crippen LogP contribution is -2.16. The molecule has 23 heavy (non-hydrogen) atoms. The first-order chi connectivity index (χ1) is 10.7. The summed E-state index contributed by atoms with van der Waals surface area (Å²) in [7, 11) is -0.743. The van der Waals surface area contributed by atoms with Crippen molar-refractivity contribution in [3.8, 4) is 11.5 Å². The second kappa shape index (κ2) is 10.9. The zero-order chi connectivity index (χ0) is 15.8. The number of hydrogen-bond acceptors (Lipinski definition) is 3. The fraction of sp³-hybridized carbons (Fsp3) is 0.667. The number of rotatable bonds is 10. The highest BCUT2D eigenvalue weighted by molar-refractivity contribution is 7.85. The van der Waals surface area contributed by atoms with Crippen LogP contribution in [-0.2, 0) is 17.2 Å². The van der Waals surface area contributed by atoms with E-state index in [1.165, 1.54) is 37.7 Å². The molecule has 0 radical (unpaired) electrons. The molecule has 0 saturated carbocycles. The first-order valence-electron chi connectivity index (χ1n) is 8.46. The monoisotopic (exact) mass is 360 g/mol. The van der Waals surface area contributed by atoms with Crippen molar-refractivity contribution < 1.29 is 13.7 Å². The molecule has 1 aromatic rings. The van der Waals surface area contributed by atoms with Crippen molar-refractivity contribution in [1.82, 2.24) is 0 Å². The van der Waals surface area contributed by atoms with Crippen molar-refractivity contribution >= 4 is 23.2 Å². The van der Waals surface area contributed by atoms with Gasteiger partial charge in [-0.3, -0.25) is 4.21 Å². The average Bonchev–Trinajstić information content (AvgIpc) is 2.98. The Morgan fingerprint density at radius 2 is 1.78 bits per heavy atom. The van der Waals surface area contributed by atoms with Crippen LogP contribution in [-0.4, -0.2) is 22.0 Å². The predicted octanol–water partition coefficient (Wildman–Crippen LogP) is 4.88. The summed E-state index contributed by atoms with van der Waals surface area (Å²) in [6.45, 7) is 4.61. The number of fused-ring (bicyclic) bond motifs is 1. The van der Waals surface area contributed by atoms with Gasteiger partial charge < -0.3 is 9.47 Å². The molecular formula is C18H29ClO3S. The molecule has 1 heterocycles. The number of benzene rings is 1. The van der Waals surface area contributed by atoms with E-state index in [1.54, 1.807) is 0 Å². The molecule has 2 rings (SSSR count). The zero-order valence-corrected chi connectivity index (χ0v) is 15.8. The lowest BCUT2D eigenvalue weighted by atomic mass is 10.1. The third-order valence-electron chi connectivity index (χ3n) is 4.11. The molecule has 1 aliphatic heterocycles. The van der Waals surface area contributed by atoms with Crippen molar-refractivity contribution in [1.29, 1.82) is 0 Å². The van der Waals surface area contributed by atoms with Gasteiger partial charge in [-0.1, -0.05) is 52.0 Å². The summed E-state index contributed by atoms with van der Waals surface area (Å²) in [5.41, 5.74) is 1.17. The minimum absolute atomic E-state index is 0. The summed E-state index contributed by atoms with van der Waals surface area (Å²) in [6.07, 6.45) is 8.32. The Labute approximate surface area is 149 Å². The molecule has 3 nitrogen and oxygen atoms in total. The second-order valence-electron chi connectivity index (χ2n) is 6.05. The van der Waals surface area contributed by atoms with Crippen LogP contribution in [0.25, 0.3) is 0 Å². The van der Waals surface area contributed by atoms with Crippen LogP contribution >= 0.6 is 12.4 Å². The Bertz CT molecular complexity index is 493. The highest BCUT2D eigenvalue weighted by atomic mass is 35.5. The normalized spacial score (nSPS) is 15.0. The molecule has 0 N–H and O–H groups in total. The molecule has 0 amide bonds. The SMILES string of the molecule is CCCCCCCCS(=O)C(C)Cc1ccc2c(c1)OCO2.Cl. The largest absolute Gasteiger partial charge is 0.454 e. The van der Waals surface area contributed by atoms with Gasteiger partial charge in [-0.2, -0.15) is 0 Å². The fourth-order valence-corrected chi connectivity index (χ4v) is 3.99. The summed E-state index contributed by atoms with van der Waals surface area (Å²) in [5.74, 6) is 2.45. The summed E-state index contributed by atoms with van der Waals surface area (Å²) < 4.78 is 23.0. The average molecular weight is 361 g/mol. The van der Waals surface area contributed by atoms with Gasteiger partial charge in [-0.15, -0.1) is 12.4 Å². The van der Waals surface area contributed by atoms with Gasteiger partial charge in [0.15, 0.2) is 11.5 Å². The van der Waals surface area contributed by atoms with E-state index in [2.05, 4.69) is 13.8 Å². The molecule has 0 aromatic heterocycles. The van der Waals surface area contributed by atoms with Crippen LogP contribution in [0.15, 0.2) is 18.2 Å². The Balaban J connectivity index is 0.00000264. The maximum absolute atomic E-state index is 12.3. The van der Waals surface area contributed by atoms with Gasteiger partial charge in [-0.05, 0) is 30.5 Å². The lowest BCUT2D eigenvalue weighted by Gasteiger charge is -2.12. The number of unbranched alkanes of at least 4 members (excludes halogenated alkanes) is 5. The van der Waals surface area contributed by atoms with Crippen LogP contribution in [0, 0.1) is 0 Å². The van der Waals surface area contributed by atoms with Gasteiger partial charge in [0.05, 0.1) is 0 Å². The standard InChI is InChI=1S/C18H28O3S.ClH/c1-3-4-5-6-7-8-11-22(19)15(2)12-16-9-10-17-18(13-16)21-14-20-17;/h9-10,13,15H,3-8,11-12,14H2,1-2H3;1H. The first kappa shape index (κ1) is 20.3. The van der Waals surface area contributed by atoms with Gasteiger partial charge in [0.2, 0.25) is 6.79 Å². The van der Waals surface area contributed by atoms with Crippen molar-refractivity contribution in [3.05, 3.63) is 23.8 Å². The molecule has 2 atom stereocenters. The van der Waals surface area contributed by atoms with Gasteiger partial charge >= 0.3 is 0 Å². The first-order valence-corrected chi connectivity index (χ1v) is 9.84. The van der Waals surface area contributed by atoms with Crippen LogP contribution < -0.4 is 9.47 Å². The summed E-state index contributed by atoms with van der Waals surface area (Å²) in [4.78, 5) is 0. The molecule has 2 unspecified atom stereocenters. The lowest BCUT2D eigenvalue weighted by molar-refractivity contribution is 0.174. The summed E-state index contributed by atoms with van der Waals surface area (Å²) in [5, 5.41) is 0.191. The van der Waals surface area contributed by atoms with Crippen molar-refractivity contribution in [2.75, 3.05) is 12.5 Å². The van der Waals surface area contributed by atoms with Crippen LogP contribution in [0.1, 0.15) is 57.9 Å². The van der Waals surface area contributed by atoms with E-state index >= 15 is 0 Å². The molecule has 5 heteroatoms. The van der Waals surface area contributed by atoms with Crippen molar-refractivity contribution in [2.45, 2.75) is 64.0 Å².